The van der Waals surface area contributed by atoms with Crippen LogP contribution in [0.25, 0.3) is 0 Å². The van der Waals surface area contributed by atoms with Crippen molar-refractivity contribution in [1.82, 2.24) is 30.8 Å². The summed E-state index contributed by atoms with van der Waals surface area (Å²) in [7, 11) is 0. The van der Waals surface area contributed by atoms with Gasteiger partial charge in [0.1, 0.15) is 23.8 Å². The van der Waals surface area contributed by atoms with E-state index >= 15 is 0 Å². The van der Waals surface area contributed by atoms with Crippen molar-refractivity contribution in [1.29, 1.82) is 5.26 Å². The largest absolute Gasteiger partial charge is 0.356 e. The van der Waals surface area contributed by atoms with Gasteiger partial charge in [-0.3, -0.25) is 24.2 Å². The molecule has 3 aliphatic rings. The van der Waals surface area contributed by atoms with Gasteiger partial charge in [0.05, 0.1) is 12.3 Å². The molecule has 4 amide bonds. The molecule has 0 bridgehead atoms. The maximum Gasteiger partial charge on any atom is 0.272 e. The fourth-order valence-electron chi connectivity index (χ4n) is 5.80. The molecule has 1 aromatic rings. The molecule has 3 N–H and O–H groups in total. The van der Waals surface area contributed by atoms with Crippen LogP contribution in [0.5, 0.6) is 0 Å². The molecule has 11 nitrogen and oxygen atoms in total. The molecule has 3 unspecified atom stereocenters. The molecular weight excluding hydrogens is 474 g/mol. The van der Waals surface area contributed by atoms with E-state index < -0.39 is 35.4 Å². The molecule has 1 saturated carbocycles. The number of amides is 4. The minimum Gasteiger partial charge on any atom is -0.356 e. The van der Waals surface area contributed by atoms with E-state index in [1.54, 1.807) is 4.90 Å². The molecule has 2 aliphatic heterocycles. The summed E-state index contributed by atoms with van der Waals surface area (Å²) in [4.78, 5) is 61.8. The average Bonchev–Trinajstić information content (AvgIpc) is 3.20. The van der Waals surface area contributed by atoms with E-state index in [-0.39, 0.29) is 47.1 Å². The number of carbonyl (C=O) groups excluding carboxylic acids is 4. The van der Waals surface area contributed by atoms with E-state index in [1.165, 1.54) is 18.6 Å². The second-order valence-electron chi connectivity index (χ2n) is 12.0. The molecule has 37 heavy (non-hydrogen) atoms. The van der Waals surface area contributed by atoms with Gasteiger partial charge in [-0.05, 0) is 35.5 Å². The van der Waals surface area contributed by atoms with Crippen LogP contribution in [-0.4, -0.2) is 69.7 Å². The zero-order chi connectivity index (χ0) is 27.1. The fraction of sp³-hybridized carbons (Fsp3) is 0.654. The number of likely N-dealkylation sites (tertiary alicyclic amines) is 1. The summed E-state index contributed by atoms with van der Waals surface area (Å²) in [6.07, 6.45) is 5.04. The van der Waals surface area contributed by atoms with E-state index in [4.69, 9.17) is 0 Å². The zero-order valence-electron chi connectivity index (χ0n) is 21.9. The van der Waals surface area contributed by atoms with E-state index in [9.17, 15) is 24.4 Å². The highest BCUT2D eigenvalue weighted by Crippen LogP contribution is 2.65. The Labute approximate surface area is 216 Å². The van der Waals surface area contributed by atoms with Gasteiger partial charge in [0, 0.05) is 31.4 Å². The number of piperidine rings is 1. The van der Waals surface area contributed by atoms with Gasteiger partial charge >= 0.3 is 0 Å². The number of hydrogen-bond donors (Lipinski definition) is 3. The van der Waals surface area contributed by atoms with Crippen molar-refractivity contribution in [2.75, 3.05) is 13.1 Å². The number of rotatable bonds is 7. The summed E-state index contributed by atoms with van der Waals surface area (Å²) >= 11 is 0. The first-order valence-corrected chi connectivity index (χ1v) is 12.7. The lowest BCUT2D eigenvalue weighted by molar-refractivity contribution is -0.143. The van der Waals surface area contributed by atoms with Crippen LogP contribution in [0.3, 0.4) is 0 Å². The quantitative estimate of drug-likeness (QED) is 0.487. The summed E-state index contributed by atoms with van der Waals surface area (Å²) in [6.45, 7) is 10.7. The normalized spacial score (nSPS) is 27.4. The Morgan fingerprint density at radius 1 is 1.27 bits per heavy atom. The standard InChI is InChI=1S/C26H35N7O4/c1-25(2,3)20(32-22(35)17-12-28-8-9-29-17)24(37)33-13-16-18(26(16,4)5)19(33)23(36)31-15(11-27)10-14-6-7-30-21(14)34/h8-9,12,14-16,18-20H,6-7,10,13H2,1-5H3,(H,30,34)(H,31,36)(H,32,35)/t14-,15-,16?,18?,19?,20+/m0/s1. The Balaban J connectivity index is 1.53. The van der Waals surface area contributed by atoms with Crippen molar-refractivity contribution >= 4 is 23.6 Å². The maximum atomic E-state index is 13.9. The lowest BCUT2D eigenvalue weighted by Crippen LogP contribution is -2.59. The van der Waals surface area contributed by atoms with Crippen molar-refractivity contribution in [2.24, 2.45) is 28.6 Å². The first-order valence-electron chi connectivity index (χ1n) is 12.7. The average molecular weight is 510 g/mol. The lowest BCUT2D eigenvalue weighted by atomic mass is 9.85. The summed E-state index contributed by atoms with van der Waals surface area (Å²) in [5, 5.41) is 18.0. The minimum atomic E-state index is -0.910. The molecule has 1 aromatic heterocycles. The Hall–Kier alpha value is -3.55. The summed E-state index contributed by atoms with van der Waals surface area (Å²) in [5.74, 6) is -1.61. The number of carbonyl (C=O) groups is 4. The van der Waals surface area contributed by atoms with Gasteiger partial charge in [-0.1, -0.05) is 34.6 Å². The van der Waals surface area contributed by atoms with Crippen LogP contribution in [0.2, 0.25) is 0 Å². The van der Waals surface area contributed by atoms with Crippen LogP contribution >= 0.6 is 0 Å². The topological polar surface area (TPSA) is 157 Å². The molecule has 1 aliphatic carbocycles. The third-order valence-electron chi connectivity index (χ3n) is 8.10. The summed E-state index contributed by atoms with van der Waals surface area (Å²) in [6, 6.07) is -0.411. The molecule has 0 radical (unpaired) electrons. The third kappa shape index (κ3) is 5.15. The Morgan fingerprint density at radius 2 is 2.00 bits per heavy atom. The van der Waals surface area contributed by atoms with Crippen LogP contribution in [0, 0.1) is 39.9 Å². The third-order valence-corrected chi connectivity index (χ3v) is 8.10. The van der Waals surface area contributed by atoms with Crippen LogP contribution in [0.1, 0.15) is 57.9 Å². The number of nitrogens with zero attached hydrogens (tertiary/aromatic N) is 4. The van der Waals surface area contributed by atoms with Gasteiger partial charge in [-0.25, -0.2) is 4.98 Å². The second kappa shape index (κ2) is 9.72. The van der Waals surface area contributed by atoms with Crippen molar-refractivity contribution in [2.45, 2.75) is 65.6 Å². The smallest absolute Gasteiger partial charge is 0.272 e. The predicted molar refractivity (Wildman–Crippen MR) is 132 cm³/mol. The van der Waals surface area contributed by atoms with E-state index in [2.05, 4.69) is 45.8 Å². The molecule has 198 valence electrons. The first-order chi connectivity index (χ1) is 17.4. The first kappa shape index (κ1) is 26.5. The highest BCUT2D eigenvalue weighted by atomic mass is 16.2. The van der Waals surface area contributed by atoms with Crippen LogP contribution in [0.4, 0.5) is 0 Å². The fourth-order valence-corrected chi connectivity index (χ4v) is 5.80. The van der Waals surface area contributed by atoms with Crippen LogP contribution in [0.15, 0.2) is 18.6 Å². The van der Waals surface area contributed by atoms with Crippen molar-refractivity contribution < 1.29 is 19.2 Å². The van der Waals surface area contributed by atoms with Gasteiger partial charge in [0.2, 0.25) is 17.7 Å². The van der Waals surface area contributed by atoms with Crippen molar-refractivity contribution in [3.8, 4) is 6.07 Å². The molecule has 6 atom stereocenters. The molecule has 0 spiro atoms. The molecule has 3 heterocycles. The van der Waals surface area contributed by atoms with Crippen LogP contribution in [-0.2, 0) is 14.4 Å². The summed E-state index contributed by atoms with van der Waals surface area (Å²) < 4.78 is 0. The van der Waals surface area contributed by atoms with Gasteiger partial charge in [0.25, 0.3) is 5.91 Å². The van der Waals surface area contributed by atoms with E-state index in [1.807, 2.05) is 20.8 Å². The number of nitrogens with one attached hydrogen (secondary N) is 3. The summed E-state index contributed by atoms with van der Waals surface area (Å²) in [5.41, 5.74) is -0.674. The number of hydrogen-bond acceptors (Lipinski definition) is 7. The SMILES string of the molecule is CC1(C)C2CN(C(=O)[C@@H](NC(=O)c3cnccn3)C(C)(C)C)C(C(=O)N[C@H](C#N)C[C@@H]3CCNC3=O)C21. The van der Waals surface area contributed by atoms with E-state index in [0.717, 1.165) is 0 Å². The number of aromatic nitrogens is 2. The molecule has 11 heteroatoms. The molecule has 3 fully saturated rings. The monoisotopic (exact) mass is 509 g/mol. The van der Waals surface area contributed by atoms with Gasteiger partial charge in [0.15, 0.2) is 0 Å². The van der Waals surface area contributed by atoms with E-state index in [0.29, 0.717) is 19.5 Å². The van der Waals surface area contributed by atoms with Crippen molar-refractivity contribution in [3.05, 3.63) is 24.3 Å². The van der Waals surface area contributed by atoms with Gasteiger partial charge in [-0.2, -0.15) is 5.26 Å². The molecule has 0 aromatic carbocycles. The molecule has 2 saturated heterocycles. The Bertz CT molecular complexity index is 1120. The second-order valence-corrected chi connectivity index (χ2v) is 12.0. The minimum absolute atomic E-state index is 0.0538. The van der Waals surface area contributed by atoms with Gasteiger partial charge < -0.3 is 20.9 Å². The highest BCUT2D eigenvalue weighted by molar-refractivity contribution is 5.98. The Kier molecular flexibility index (Phi) is 6.97. The van der Waals surface area contributed by atoms with Crippen molar-refractivity contribution in [3.63, 3.8) is 0 Å². The maximum absolute atomic E-state index is 13.9. The molecular formula is C26H35N7O4. The predicted octanol–water partition coefficient (Wildman–Crippen LogP) is 0.639. The lowest BCUT2D eigenvalue weighted by Gasteiger charge is -2.37. The Morgan fingerprint density at radius 3 is 2.57 bits per heavy atom. The highest BCUT2D eigenvalue weighted by Gasteiger charge is 2.69. The van der Waals surface area contributed by atoms with Crippen LogP contribution < -0.4 is 16.0 Å². The van der Waals surface area contributed by atoms with Gasteiger partial charge in [-0.15, -0.1) is 0 Å². The molecule has 4 rings (SSSR count). The number of nitriles is 1. The number of fused-ring (bicyclic) bond motifs is 1. The zero-order valence-corrected chi connectivity index (χ0v) is 21.9.